The monoisotopic (exact) mass is 469 g/mol. The molecule has 1 fully saturated rings. The summed E-state index contributed by atoms with van der Waals surface area (Å²) in [4.78, 5) is 31.1. The van der Waals surface area contributed by atoms with E-state index in [4.69, 9.17) is 4.74 Å². The van der Waals surface area contributed by atoms with Gasteiger partial charge in [-0.25, -0.2) is 9.97 Å². The Kier molecular flexibility index (Phi) is 6.13. The van der Waals surface area contributed by atoms with Crippen LogP contribution in [-0.4, -0.2) is 43.4 Å². The van der Waals surface area contributed by atoms with Crippen molar-refractivity contribution in [2.75, 3.05) is 6.54 Å². The van der Waals surface area contributed by atoms with Crippen molar-refractivity contribution in [1.29, 1.82) is 0 Å². The largest absolute Gasteiger partial charge is 0.471 e. The number of halogens is 1. The van der Waals surface area contributed by atoms with E-state index in [0.717, 1.165) is 21.6 Å². The molecule has 2 aromatic heterocycles. The van der Waals surface area contributed by atoms with Crippen LogP contribution in [0.2, 0.25) is 0 Å². The van der Waals surface area contributed by atoms with Gasteiger partial charge in [-0.3, -0.25) is 9.78 Å². The van der Waals surface area contributed by atoms with Crippen LogP contribution in [0.1, 0.15) is 38.6 Å². The van der Waals surface area contributed by atoms with Crippen molar-refractivity contribution >= 4 is 21.8 Å². The lowest BCUT2D eigenvalue weighted by atomic mass is 10.1. The number of rotatable bonds is 6. The van der Waals surface area contributed by atoms with E-state index in [9.17, 15) is 4.79 Å². The van der Waals surface area contributed by atoms with Crippen LogP contribution in [0.3, 0.4) is 0 Å². The predicted molar refractivity (Wildman–Crippen MR) is 117 cm³/mol. The number of benzene rings is 1. The van der Waals surface area contributed by atoms with E-state index < -0.39 is 0 Å². The molecule has 0 aliphatic carbocycles. The number of hydrogen-bond acceptors (Lipinski definition) is 5. The highest BCUT2D eigenvalue weighted by Gasteiger charge is 2.39. The van der Waals surface area contributed by atoms with Gasteiger partial charge < -0.3 is 14.6 Å². The van der Waals surface area contributed by atoms with E-state index in [1.54, 1.807) is 18.6 Å². The molecular formula is C22H24BrN5O2. The summed E-state index contributed by atoms with van der Waals surface area (Å²) in [6, 6.07) is 7.88. The molecule has 1 saturated heterocycles. The van der Waals surface area contributed by atoms with Gasteiger partial charge in [0.25, 0.3) is 0 Å². The molecule has 7 nitrogen and oxygen atoms in total. The molecule has 2 atom stereocenters. The van der Waals surface area contributed by atoms with Gasteiger partial charge in [0.05, 0.1) is 30.7 Å². The number of carbonyl (C=O) groups excluding carboxylic acids is 1. The molecule has 0 bridgehead atoms. The Bertz CT molecular complexity index is 990. The number of hydrogen-bond donors (Lipinski definition) is 1. The molecule has 1 aromatic carbocycles. The highest BCUT2D eigenvalue weighted by molar-refractivity contribution is 9.10. The number of nitrogens with zero attached hydrogens (tertiary/aromatic N) is 4. The highest BCUT2D eigenvalue weighted by Crippen LogP contribution is 2.34. The Morgan fingerprint density at radius 2 is 2.03 bits per heavy atom. The van der Waals surface area contributed by atoms with Crippen LogP contribution in [0.25, 0.3) is 11.3 Å². The molecular weight excluding hydrogens is 446 g/mol. The summed E-state index contributed by atoms with van der Waals surface area (Å²) in [5, 5.41) is 0. The number of nitrogens with one attached hydrogen (secondary N) is 1. The molecule has 0 radical (unpaired) electrons. The van der Waals surface area contributed by atoms with Crippen molar-refractivity contribution in [3.05, 3.63) is 59.3 Å². The summed E-state index contributed by atoms with van der Waals surface area (Å²) >= 11 is 3.46. The second kappa shape index (κ2) is 8.95. The molecule has 1 aliphatic heterocycles. The van der Waals surface area contributed by atoms with Crippen LogP contribution in [0, 0.1) is 5.92 Å². The van der Waals surface area contributed by atoms with E-state index >= 15 is 0 Å². The van der Waals surface area contributed by atoms with Gasteiger partial charge in [0.15, 0.2) is 0 Å². The molecule has 1 N–H and O–H groups in total. The van der Waals surface area contributed by atoms with E-state index in [0.29, 0.717) is 25.3 Å². The van der Waals surface area contributed by atoms with Crippen LogP contribution in [0.5, 0.6) is 5.88 Å². The minimum atomic E-state index is -0.165. The average molecular weight is 470 g/mol. The van der Waals surface area contributed by atoms with Gasteiger partial charge in [-0.05, 0) is 23.6 Å². The molecule has 2 unspecified atom stereocenters. The number of aromatic nitrogens is 4. The van der Waals surface area contributed by atoms with E-state index in [1.807, 2.05) is 35.4 Å². The first-order valence-corrected chi connectivity index (χ1v) is 10.8. The average Bonchev–Trinajstić information content (AvgIpc) is 3.36. The fourth-order valence-electron chi connectivity index (χ4n) is 3.68. The minimum absolute atomic E-state index is 0.113. The first kappa shape index (κ1) is 20.5. The number of H-pyrrole nitrogens is 1. The van der Waals surface area contributed by atoms with Gasteiger partial charge in [0.1, 0.15) is 11.9 Å². The first-order valence-electron chi connectivity index (χ1n) is 10.0. The molecule has 30 heavy (non-hydrogen) atoms. The van der Waals surface area contributed by atoms with Gasteiger partial charge >= 0.3 is 0 Å². The quantitative estimate of drug-likeness (QED) is 0.578. The molecule has 1 aliphatic rings. The van der Waals surface area contributed by atoms with E-state index in [1.165, 1.54) is 0 Å². The standard InChI is InChI=1S/C22H24BrN5O2/c1-14(2)9-21(29)28-13-17(30-20-12-24-7-8-25-20)10-19(28)22-26-11-18(27-22)15-3-5-16(23)6-4-15/h3-8,11-12,14,17,19H,9-10,13H2,1-2H3,(H,26,27). The van der Waals surface area contributed by atoms with E-state index in [2.05, 4.69) is 49.7 Å². The molecule has 8 heteroatoms. The minimum Gasteiger partial charge on any atom is -0.471 e. The maximum Gasteiger partial charge on any atom is 0.232 e. The van der Waals surface area contributed by atoms with E-state index in [-0.39, 0.29) is 24.0 Å². The van der Waals surface area contributed by atoms with Gasteiger partial charge in [-0.15, -0.1) is 0 Å². The Morgan fingerprint density at radius 3 is 2.73 bits per heavy atom. The van der Waals surface area contributed by atoms with Gasteiger partial charge in [-0.2, -0.15) is 0 Å². The fourth-order valence-corrected chi connectivity index (χ4v) is 3.95. The number of carbonyl (C=O) groups is 1. The number of ether oxygens (including phenoxy) is 1. The van der Waals surface area contributed by atoms with Crippen molar-refractivity contribution in [3.8, 4) is 17.1 Å². The Morgan fingerprint density at radius 1 is 1.23 bits per heavy atom. The zero-order valence-corrected chi connectivity index (χ0v) is 18.5. The summed E-state index contributed by atoms with van der Waals surface area (Å²) in [5.74, 6) is 1.64. The lowest BCUT2D eigenvalue weighted by Gasteiger charge is -2.23. The SMILES string of the molecule is CC(C)CC(=O)N1CC(Oc2cnccn2)CC1c1ncc(-c2ccc(Br)cc2)[nH]1. The summed E-state index contributed by atoms with van der Waals surface area (Å²) in [7, 11) is 0. The highest BCUT2D eigenvalue weighted by atomic mass is 79.9. The molecule has 0 spiro atoms. The maximum atomic E-state index is 12.9. The summed E-state index contributed by atoms with van der Waals surface area (Å²) in [6.45, 7) is 4.60. The van der Waals surface area contributed by atoms with Crippen LogP contribution < -0.4 is 4.74 Å². The van der Waals surface area contributed by atoms with Gasteiger partial charge in [-0.1, -0.05) is 41.9 Å². The molecule has 0 saturated carbocycles. The van der Waals surface area contributed by atoms with Crippen molar-refractivity contribution in [1.82, 2.24) is 24.8 Å². The lowest BCUT2D eigenvalue weighted by Crippen LogP contribution is -2.33. The third kappa shape index (κ3) is 4.70. The summed E-state index contributed by atoms with van der Waals surface area (Å²) in [6.07, 6.45) is 7.59. The topological polar surface area (TPSA) is 84.0 Å². The lowest BCUT2D eigenvalue weighted by molar-refractivity contribution is -0.133. The van der Waals surface area contributed by atoms with Crippen molar-refractivity contribution in [2.24, 2.45) is 5.92 Å². The second-order valence-corrected chi connectivity index (χ2v) is 8.78. The van der Waals surface area contributed by atoms with Crippen LogP contribution in [-0.2, 0) is 4.79 Å². The van der Waals surface area contributed by atoms with Crippen molar-refractivity contribution in [3.63, 3.8) is 0 Å². The zero-order valence-electron chi connectivity index (χ0n) is 17.0. The van der Waals surface area contributed by atoms with Gasteiger partial charge in [0, 0.05) is 29.7 Å². The number of amides is 1. The van der Waals surface area contributed by atoms with Crippen molar-refractivity contribution < 1.29 is 9.53 Å². The maximum absolute atomic E-state index is 12.9. The van der Waals surface area contributed by atoms with Crippen LogP contribution in [0.4, 0.5) is 0 Å². The Hall–Kier alpha value is -2.74. The third-order valence-corrected chi connectivity index (χ3v) is 5.59. The Balaban J connectivity index is 1.56. The zero-order chi connectivity index (χ0) is 21.1. The smallest absolute Gasteiger partial charge is 0.232 e. The van der Waals surface area contributed by atoms with Crippen molar-refractivity contribution in [2.45, 2.75) is 38.8 Å². The van der Waals surface area contributed by atoms with Gasteiger partial charge in [0.2, 0.25) is 11.8 Å². The predicted octanol–water partition coefficient (Wildman–Crippen LogP) is 4.40. The number of likely N-dealkylation sites (tertiary alicyclic amines) is 1. The molecule has 1 amide bonds. The number of imidazole rings is 1. The molecule has 3 aromatic rings. The number of aromatic amines is 1. The van der Waals surface area contributed by atoms with Crippen LogP contribution in [0.15, 0.2) is 53.5 Å². The summed E-state index contributed by atoms with van der Waals surface area (Å²) < 4.78 is 7.03. The fraction of sp³-hybridized carbons (Fsp3) is 0.364. The summed E-state index contributed by atoms with van der Waals surface area (Å²) in [5.41, 5.74) is 1.97. The second-order valence-electron chi connectivity index (χ2n) is 7.87. The molecule has 3 heterocycles. The third-order valence-electron chi connectivity index (χ3n) is 5.06. The first-order chi connectivity index (χ1) is 14.5. The Labute approximate surface area is 184 Å². The molecule has 4 rings (SSSR count). The normalized spacial score (nSPS) is 18.7. The van der Waals surface area contributed by atoms with Crippen LogP contribution >= 0.6 is 15.9 Å². The molecule has 156 valence electrons.